The number of rotatable bonds is 0. The highest BCUT2D eigenvalue weighted by molar-refractivity contribution is 5.17. The summed E-state index contributed by atoms with van der Waals surface area (Å²) in [6.45, 7) is 5.61. The first kappa shape index (κ1) is 6.81. The van der Waals surface area contributed by atoms with Crippen LogP contribution in [0.2, 0.25) is 0 Å². The lowest BCUT2D eigenvalue weighted by Crippen LogP contribution is -1.93. The zero-order chi connectivity index (χ0) is 7.72. The predicted molar refractivity (Wildman–Crippen MR) is 37.4 cm³/mol. The number of aryl methyl sites for hydroxylation is 2. The molecule has 1 aromatic rings. The first-order chi connectivity index (χ1) is 4.66. The summed E-state index contributed by atoms with van der Waals surface area (Å²) >= 11 is 0. The molecule has 0 saturated carbocycles. The van der Waals surface area contributed by atoms with E-state index < -0.39 is 0 Å². The molecule has 0 fully saturated rings. The van der Waals surface area contributed by atoms with Crippen molar-refractivity contribution in [2.24, 2.45) is 0 Å². The fourth-order valence-corrected chi connectivity index (χ4v) is 0.925. The average Bonchev–Trinajstić information content (AvgIpc) is 2.09. The molecule has 0 radical (unpaired) electrons. The van der Waals surface area contributed by atoms with Gasteiger partial charge in [-0.25, -0.2) is 9.55 Å². The van der Waals surface area contributed by atoms with Crippen LogP contribution in [-0.2, 0) is 0 Å². The van der Waals surface area contributed by atoms with Crippen LogP contribution < -0.4 is 0 Å². The summed E-state index contributed by atoms with van der Waals surface area (Å²) in [5.41, 5.74) is 1.86. The summed E-state index contributed by atoms with van der Waals surface area (Å²) in [7, 11) is 0. The summed E-state index contributed by atoms with van der Waals surface area (Å²) in [5.74, 6) is 0.762. The number of nitrogens with zero attached hydrogens (tertiary/aromatic N) is 3. The summed E-state index contributed by atoms with van der Waals surface area (Å²) < 4.78 is 1.52. The van der Waals surface area contributed by atoms with Crippen molar-refractivity contribution < 1.29 is 0 Å². The average molecular weight is 135 g/mol. The van der Waals surface area contributed by atoms with Gasteiger partial charge in [0.15, 0.2) is 6.19 Å². The smallest absolute Gasteiger partial charge is 0.190 e. The van der Waals surface area contributed by atoms with E-state index in [9.17, 15) is 0 Å². The Morgan fingerprint density at radius 1 is 1.40 bits per heavy atom. The van der Waals surface area contributed by atoms with Gasteiger partial charge in [-0.2, -0.15) is 5.26 Å². The Balaban J connectivity index is 3.37. The Hall–Kier alpha value is -1.30. The van der Waals surface area contributed by atoms with Gasteiger partial charge in [0.25, 0.3) is 0 Å². The van der Waals surface area contributed by atoms with Crippen LogP contribution in [0.3, 0.4) is 0 Å². The van der Waals surface area contributed by atoms with Crippen molar-refractivity contribution in [2.75, 3.05) is 0 Å². The maximum absolute atomic E-state index is 8.59. The molecular weight excluding hydrogens is 126 g/mol. The van der Waals surface area contributed by atoms with Gasteiger partial charge in [-0.3, -0.25) is 0 Å². The van der Waals surface area contributed by atoms with Crippen molar-refractivity contribution in [1.82, 2.24) is 9.55 Å². The predicted octanol–water partition coefficient (Wildman–Crippen LogP) is 1.14. The maximum atomic E-state index is 8.59. The normalized spacial score (nSPS) is 9.40. The molecule has 0 aliphatic carbocycles. The third-order valence-corrected chi connectivity index (χ3v) is 1.61. The monoisotopic (exact) mass is 135 g/mol. The largest absolute Gasteiger partial charge is 0.238 e. The molecule has 3 heteroatoms. The number of aromatic nitrogens is 2. The number of nitriles is 1. The van der Waals surface area contributed by atoms with Crippen LogP contribution in [0.1, 0.15) is 17.2 Å². The van der Waals surface area contributed by atoms with Crippen molar-refractivity contribution in [3.63, 3.8) is 0 Å². The number of imidazole rings is 1. The molecule has 0 aliphatic heterocycles. The molecule has 10 heavy (non-hydrogen) atoms. The van der Waals surface area contributed by atoms with Gasteiger partial charge in [-0.1, -0.05) is 0 Å². The molecule has 3 nitrogen and oxygen atoms in total. The van der Waals surface area contributed by atoms with E-state index in [4.69, 9.17) is 5.26 Å². The van der Waals surface area contributed by atoms with E-state index in [2.05, 4.69) is 4.98 Å². The molecule has 0 atom stereocenters. The van der Waals surface area contributed by atoms with Crippen LogP contribution >= 0.6 is 0 Å². The van der Waals surface area contributed by atoms with Crippen molar-refractivity contribution in [3.05, 3.63) is 17.2 Å². The summed E-state index contributed by atoms with van der Waals surface area (Å²) in [5, 5.41) is 8.59. The van der Waals surface area contributed by atoms with Crippen LogP contribution in [-0.4, -0.2) is 9.55 Å². The quantitative estimate of drug-likeness (QED) is 0.535. The molecule has 0 aliphatic rings. The highest BCUT2D eigenvalue weighted by Gasteiger charge is 2.04. The van der Waals surface area contributed by atoms with Crippen LogP contribution in [0.4, 0.5) is 0 Å². The summed E-state index contributed by atoms with van der Waals surface area (Å²) in [6, 6.07) is 0. The lowest BCUT2D eigenvalue weighted by molar-refractivity contribution is 0.957. The molecule has 52 valence electrons. The molecule has 0 bridgehead atoms. The molecule has 0 N–H and O–H groups in total. The highest BCUT2D eigenvalue weighted by Crippen LogP contribution is 2.06. The molecule has 0 spiro atoms. The first-order valence-corrected chi connectivity index (χ1v) is 3.09. The minimum absolute atomic E-state index is 0.762. The molecule has 0 amide bonds. The first-order valence-electron chi connectivity index (χ1n) is 3.09. The minimum Gasteiger partial charge on any atom is -0.238 e. The number of hydrogen-bond donors (Lipinski definition) is 0. The van der Waals surface area contributed by atoms with Crippen LogP contribution in [0.5, 0.6) is 0 Å². The third kappa shape index (κ3) is 0.781. The summed E-state index contributed by atoms with van der Waals surface area (Å²) in [4.78, 5) is 4.12. The van der Waals surface area contributed by atoms with E-state index in [1.54, 1.807) is 0 Å². The Morgan fingerprint density at radius 3 is 2.20 bits per heavy atom. The van der Waals surface area contributed by atoms with Gasteiger partial charge >= 0.3 is 0 Å². The van der Waals surface area contributed by atoms with Gasteiger partial charge < -0.3 is 0 Å². The SMILES string of the molecule is Cc1nc(C)n(C#N)c1C. The minimum atomic E-state index is 0.762. The van der Waals surface area contributed by atoms with Crippen LogP contribution in [0, 0.1) is 32.2 Å². The fourth-order valence-electron chi connectivity index (χ4n) is 0.925. The molecule has 0 aromatic carbocycles. The molecule has 0 saturated heterocycles. The van der Waals surface area contributed by atoms with E-state index in [0.717, 1.165) is 17.2 Å². The maximum Gasteiger partial charge on any atom is 0.190 e. The Bertz CT molecular complexity index is 291. The standard InChI is InChI=1S/C7H9N3/c1-5-6(2)10(4-8)7(3)9-5/h1-3H3. The molecule has 0 unspecified atom stereocenters. The Morgan fingerprint density at radius 2 is 2.00 bits per heavy atom. The van der Waals surface area contributed by atoms with Gasteiger partial charge in [0.2, 0.25) is 0 Å². The Kier molecular flexibility index (Phi) is 1.46. The molecule has 1 heterocycles. The molecule has 1 aromatic heterocycles. The van der Waals surface area contributed by atoms with Crippen molar-refractivity contribution >= 4 is 0 Å². The van der Waals surface area contributed by atoms with Crippen molar-refractivity contribution in [2.45, 2.75) is 20.8 Å². The topological polar surface area (TPSA) is 41.6 Å². The van der Waals surface area contributed by atoms with E-state index >= 15 is 0 Å². The second-order valence-electron chi connectivity index (χ2n) is 2.27. The van der Waals surface area contributed by atoms with Gasteiger partial charge in [-0.05, 0) is 20.8 Å². The van der Waals surface area contributed by atoms with Crippen LogP contribution in [0.15, 0.2) is 0 Å². The molecule has 1 rings (SSSR count). The van der Waals surface area contributed by atoms with Crippen molar-refractivity contribution in [1.29, 1.82) is 5.26 Å². The van der Waals surface area contributed by atoms with E-state index in [1.165, 1.54) is 4.57 Å². The van der Waals surface area contributed by atoms with E-state index in [0.29, 0.717) is 0 Å². The van der Waals surface area contributed by atoms with Gasteiger partial charge in [0, 0.05) is 0 Å². The second kappa shape index (κ2) is 2.14. The number of hydrogen-bond acceptors (Lipinski definition) is 2. The van der Waals surface area contributed by atoms with Gasteiger partial charge in [0.05, 0.1) is 11.4 Å². The lowest BCUT2D eigenvalue weighted by Gasteiger charge is -1.90. The lowest BCUT2D eigenvalue weighted by atomic mass is 10.4. The fraction of sp³-hybridized carbons (Fsp3) is 0.429. The Labute approximate surface area is 59.9 Å². The van der Waals surface area contributed by atoms with Gasteiger partial charge in [0.1, 0.15) is 5.82 Å². The molecular formula is C7H9N3. The summed E-state index contributed by atoms with van der Waals surface area (Å²) in [6.07, 6.45) is 2.04. The van der Waals surface area contributed by atoms with Gasteiger partial charge in [-0.15, -0.1) is 0 Å². The highest BCUT2D eigenvalue weighted by atomic mass is 15.1. The zero-order valence-electron chi connectivity index (χ0n) is 6.34. The van der Waals surface area contributed by atoms with E-state index in [-0.39, 0.29) is 0 Å². The third-order valence-electron chi connectivity index (χ3n) is 1.61. The van der Waals surface area contributed by atoms with Crippen molar-refractivity contribution in [3.8, 4) is 6.19 Å². The van der Waals surface area contributed by atoms with E-state index in [1.807, 2.05) is 27.0 Å². The second-order valence-corrected chi connectivity index (χ2v) is 2.27. The van der Waals surface area contributed by atoms with Crippen LogP contribution in [0.25, 0.3) is 0 Å². The zero-order valence-corrected chi connectivity index (χ0v) is 6.34.